The van der Waals surface area contributed by atoms with Crippen molar-refractivity contribution in [3.8, 4) is 0 Å². The van der Waals surface area contributed by atoms with Gasteiger partial charge in [-0.25, -0.2) is 0 Å². The molecule has 0 unspecified atom stereocenters. The van der Waals surface area contributed by atoms with Crippen molar-refractivity contribution >= 4 is 17.7 Å². The highest BCUT2D eigenvalue weighted by molar-refractivity contribution is 7.98. The van der Waals surface area contributed by atoms with Gasteiger partial charge in [-0.1, -0.05) is 6.07 Å². The highest BCUT2D eigenvalue weighted by Crippen LogP contribution is 2.02. The van der Waals surface area contributed by atoms with Crippen LogP contribution in [-0.4, -0.2) is 34.1 Å². The maximum absolute atomic E-state index is 10.9. The molecule has 0 bridgehead atoms. The minimum atomic E-state index is -0.801. The molecule has 1 aromatic rings. The Morgan fingerprint density at radius 3 is 3.00 bits per heavy atom. The Morgan fingerprint density at radius 1 is 1.62 bits per heavy atom. The average molecular weight is 240 g/mol. The summed E-state index contributed by atoms with van der Waals surface area (Å²) in [6.45, 7) is 0.492. The molecule has 0 fully saturated rings. The minimum absolute atomic E-state index is 0.491. The van der Waals surface area contributed by atoms with E-state index in [1.54, 1.807) is 18.0 Å². The number of hydrogen-bond donors (Lipinski definition) is 2. The van der Waals surface area contributed by atoms with Crippen molar-refractivity contribution in [1.82, 2.24) is 10.3 Å². The Balaban J connectivity index is 2.41. The fraction of sp³-hybridized carbons (Fsp3) is 0.455. The second-order valence-electron chi connectivity index (χ2n) is 3.37. The number of rotatable bonds is 7. The quantitative estimate of drug-likeness (QED) is 0.754. The normalized spacial score (nSPS) is 12.3. The number of carboxylic acids is 1. The van der Waals surface area contributed by atoms with Crippen molar-refractivity contribution in [2.24, 2.45) is 0 Å². The van der Waals surface area contributed by atoms with Crippen molar-refractivity contribution in [2.75, 3.05) is 12.0 Å². The number of nitrogens with one attached hydrogen (secondary N) is 1. The van der Waals surface area contributed by atoms with Gasteiger partial charge in [-0.3, -0.25) is 15.1 Å². The molecule has 0 aliphatic carbocycles. The number of carbonyl (C=O) groups is 1. The van der Waals surface area contributed by atoms with Gasteiger partial charge >= 0.3 is 5.97 Å². The summed E-state index contributed by atoms with van der Waals surface area (Å²) in [6, 6.07) is 5.11. The van der Waals surface area contributed by atoms with E-state index >= 15 is 0 Å². The zero-order valence-corrected chi connectivity index (χ0v) is 10.0. The van der Waals surface area contributed by atoms with Crippen LogP contribution in [0.4, 0.5) is 0 Å². The molecule has 0 aromatic carbocycles. The number of aromatic nitrogens is 1. The Kier molecular flexibility index (Phi) is 5.88. The monoisotopic (exact) mass is 240 g/mol. The van der Waals surface area contributed by atoms with E-state index in [-0.39, 0.29) is 0 Å². The smallest absolute Gasteiger partial charge is 0.320 e. The van der Waals surface area contributed by atoms with E-state index < -0.39 is 12.0 Å². The van der Waals surface area contributed by atoms with E-state index in [2.05, 4.69) is 10.3 Å². The fourth-order valence-corrected chi connectivity index (χ4v) is 1.75. The Bertz CT molecular complexity index is 319. The van der Waals surface area contributed by atoms with Crippen molar-refractivity contribution in [3.05, 3.63) is 30.1 Å². The average Bonchev–Trinajstić information content (AvgIpc) is 2.30. The molecule has 0 spiro atoms. The lowest BCUT2D eigenvalue weighted by Crippen LogP contribution is -2.36. The zero-order valence-electron chi connectivity index (χ0n) is 9.22. The molecule has 0 aliphatic rings. The molecule has 5 heteroatoms. The van der Waals surface area contributed by atoms with E-state index in [1.165, 1.54) is 0 Å². The van der Waals surface area contributed by atoms with Gasteiger partial charge in [-0.15, -0.1) is 0 Å². The summed E-state index contributed by atoms with van der Waals surface area (Å²) in [5.74, 6) is 0.0385. The highest BCUT2D eigenvalue weighted by atomic mass is 32.2. The standard InChI is InChI=1S/C11H16N2O2S/c1-16-7-5-10(11(14)15)13-8-9-4-2-3-6-12-9/h2-4,6,10,13H,5,7-8H2,1H3,(H,14,15)/t10-/m0/s1. The summed E-state index contributed by atoms with van der Waals surface area (Å²) in [7, 11) is 0. The molecule has 1 aromatic heterocycles. The second kappa shape index (κ2) is 7.24. The SMILES string of the molecule is CSCC[C@H](NCc1ccccn1)C(=O)O. The van der Waals surface area contributed by atoms with E-state index in [0.717, 1.165) is 11.4 Å². The van der Waals surface area contributed by atoms with Crippen molar-refractivity contribution < 1.29 is 9.90 Å². The predicted octanol–water partition coefficient (Wildman–Crippen LogP) is 1.38. The predicted molar refractivity (Wildman–Crippen MR) is 65.5 cm³/mol. The Hall–Kier alpha value is -1.07. The van der Waals surface area contributed by atoms with Crippen LogP contribution < -0.4 is 5.32 Å². The van der Waals surface area contributed by atoms with E-state index in [0.29, 0.717) is 13.0 Å². The largest absolute Gasteiger partial charge is 0.480 e. The number of hydrogen-bond acceptors (Lipinski definition) is 4. The van der Waals surface area contributed by atoms with Gasteiger partial charge < -0.3 is 5.11 Å². The molecule has 1 atom stereocenters. The first kappa shape index (κ1) is 13.0. The maximum Gasteiger partial charge on any atom is 0.320 e. The zero-order chi connectivity index (χ0) is 11.8. The number of pyridine rings is 1. The number of nitrogens with zero attached hydrogens (tertiary/aromatic N) is 1. The number of aliphatic carboxylic acids is 1. The summed E-state index contributed by atoms with van der Waals surface area (Å²) in [5.41, 5.74) is 0.859. The molecule has 0 amide bonds. The van der Waals surface area contributed by atoms with Gasteiger partial charge in [0, 0.05) is 12.7 Å². The molecule has 1 rings (SSSR count). The number of thioether (sulfide) groups is 1. The van der Waals surface area contributed by atoms with Crippen molar-refractivity contribution in [2.45, 2.75) is 19.0 Å². The molecular weight excluding hydrogens is 224 g/mol. The minimum Gasteiger partial charge on any atom is -0.480 e. The summed E-state index contributed by atoms with van der Waals surface area (Å²) >= 11 is 1.65. The molecule has 0 radical (unpaired) electrons. The second-order valence-corrected chi connectivity index (χ2v) is 4.36. The van der Waals surface area contributed by atoms with Gasteiger partial charge in [0.1, 0.15) is 6.04 Å². The topological polar surface area (TPSA) is 62.2 Å². The molecule has 16 heavy (non-hydrogen) atoms. The molecule has 0 aliphatic heterocycles. The van der Waals surface area contributed by atoms with E-state index in [4.69, 9.17) is 5.11 Å². The van der Waals surface area contributed by atoms with Crippen LogP contribution in [0, 0.1) is 0 Å². The third-order valence-electron chi connectivity index (χ3n) is 2.16. The molecule has 2 N–H and O–H groups in total. The first-order valence-electron chi connectivity index (χ1n) is 5.09. The van der Waals surface area contributed by atoms with Gasteiger partial charge in [-0.05, 0) is 30.6 Å². The highest BCUT2D eigenvalue weighted by Gasteiger charge is 2.15. The van der Waals surface area contributed by atoms with Crippen LogP contribution in [-0.2, 0) is 11.3 Å². The molecular formula is C11H16N2O2S. The van der Waals surface area contributed by atoms with Gasteiger partial charge in [0.05, 0.1) is 5.69 Å². The lowest BCUT2D eigenvalue weighted by Gasteiger charge is -2.13. The summed E-state index contributed by atoms with van der Waals surface area (Å²) in [4.78, 5) is 15.1. The summed E-state index contributed by atoms with van der Waals surface area (Å²) in [6.07, 6.45) is 4.30. The van der Waals surface area contributed by atoms with Gasteiger partial charge in [0.15, 0.2) is 0 Å². The molecule has 0 saturated carbocycles. The molecule has 0 saturated heterocycles. The fourth-order valence-electron chi connectivity index (χ4n) is 1.28. The Labute approximate surface area is 99.5 Å². The third-order valence-corrected chi connectivity index (χ3v) is 2.81. The van der Waals surface area contributed by atoms with Crippen molar-refractivity contribution in [1.29, 1.82) is 0 Å². The van der Waals surface area contributed by atoms with Gasteiger partial charge in [0.25, 0.3) is 0 Å². The van der Waals surface area contributed by atoms with E-state index in [1.807, 2.05) is 24.5 Å². The Morgan fingerprint density at radius 2 is 2.44 bits per heavy atom. The van der Waals surface area contributed by atoms with Crippen LogP contribution in [0.3, 0.4) is 0 Å². The molecule has 1 heterocycles. The van der Waals surface area contributed by atoms with Crippen LogP contribution >= 0.6 is 11.8 Å². The summed E-state index contributed by atoms with van der Waals surface area (Å²) in [5, 5.41) is 12.0. The maximum atomic E-state index is 10.9. The lowest BCUT2D eigenvalue weighted by atomic mass is 10.2. The van der Waals surface area contributed by atoms with Gasteiger partial charge in [-0.2, -0.15) is 11.8 Å². The molecule has 88 valence electrons. The first-order chi connectivity index (χ1) is 7.74. The van der Waals surface area contributed by atoms with Gasteiger partial charge in [0.2, 0.25) is 0 Å². The van der Waals surface area contributed by atoms with Crippen LogP contribution in [0.1, 0.15) is 12.1 Å². The van der Waals surface area contributed by atoms with Crippen LogP contribution in [0.2, 0.25) is 0 Å². The van der Waals surface area contributed by atoms with Crippen LogP contribution in [0.15, 0.2) is 24.4 Å². The van der Waals surface area contributed by atoms with Crippen molar-refractivity contribution in [3.63, 3.8) is 0 Å². The van der Waals surface area contributed by atoms with Crippen LogP contribution in [0.25, 0.3) is 0 Å². The lowest BCUT2D eigenvalue weighted by molar-refractivity contribution is -0.139. The third kappa shape index (κ3) is 4.63. The van der Waals surface area contributed by atoms with Crippen LogP contribution in [0.5, 0.6) is 0 Å². The first-order valence-corrected chi connectivity index (χ1v) is 6.48. The number of carboxylic acid groups (broad SMARTS) is 1. The van der Waals surface area contributed by atoms with E-state index in [9.17, 15) is 4.79 Å². The summed E-state index contributed by atoms with van der Waals surface area (Å²) < 4.78 is 0. The molecule has 4 nitrogen and oxygen atoms in total.